The van der Waals surface area contributed by atoms with Crippen LogP contribution in [0.25, 0.3) is 0 Å². The number of rotatable bonds is 3. The molecule has 0 spiro atoms. The number of hydrogen-bond donors (Lipinski definition) is 2. The highest BCUT2D eigenvalue weighted by Gasteiger charge is 2.70. The summed E-state index contributed by atoms with van der Waals surface area (Å²) in [7, 11) is 0. The second kappa shape index (κ2) is 8.35. The molecule has 0 aromatic heterocycles. The largest absolute Gasteiger partial charge is 0.508 e. The number of hydrogen-bond acceptors (Lipinski definition) is 7. The molecule has 0 unspecified atom stereocenters. The summed E-state index contributed by atoms with van der Waals surface area (Å²) in [5, 5.41) is 20.6. The number of ether oxygens (including phenoxy) is 1. The van der Waals surface area contributed by atoms with E-state index in [0.717, 1.165) is 12.0 Å². The van der Waals surface area contributed by atoms with E-state index in [2.05, 4.69) is 0 Å². The van der Waals surface area contributed by atoms with Crippen LogP contribution in [-0.2, 0) is 23.9 Å². The minimum absolute atomic E-state index is 0.00195. The monoisotopic (exact) mass is 531 g/mol. The zero-order valence-corrected chi connectivity index (χ0v) is 23.0. The van der Waals surface area contributed by atoms with Gasteiger partial charge in [0, 0.05) is 24.2 Å². The molecule has 3 saturated carbocycles. The predicted molar refractivity (Wildman–Crippen MR) is 137 cm³/mol. The Hall–Kier alpha value is -2.29. The number of ketones is 1. The predicted octanol–water partition coefficient (Wildman–Crippen LogP) is 4.25. The molecule has 0 aromatic carbocycles. The first kappa shape index (κ1) is 26.3. The Kier molecular flexibility index (Phi) is 5.94. The van der Waals surface area contributed by atoms with Gasteiger partial charge in [0.1, 0.15) is 11.8 Å². The fraction of sp³-hybridized carbons (Fsp3) is 0.714. The molecule has 8 nitrogen and oxygen atoms in total. The van der Waals surface area contributed by atoms with Gasteiger partial charge in [0.25, 0.3) is 0 Å². The van der Waals surface area contributed by atoms with Gasteiger partial charge in [-0.15, -0.1) is 11.8 Å². The summed E-state index contributed by atoms with van der Waals surface area (Å²) in [6.45, 7) is 9.09. The fourth-order valence-corrected chi connectivity index (χ4v) is 9.92. The van der Waals surface area contributed by atoms with Crippen molar-refractivity contribution in [1.29, 1.82) is 0 Å². The fourth-order valence-electron chi connectivity index (χ4n) is 8.67. The van der Waals surface area contributed by atoms with Crippen molar-refractivity contribution in [3.05, 3.63) is 23.5 Å². The lowest BCUT2D eigenvalue weighted by molar-refractivity contribution is -0.204. The van der Waals surface area contributed by atoms with Crippen LogP contribution < -0.4 is 0 Å². The summed E-state index contributed by atoms with van der Waals surface area (Å²) in [5.41, 5.74) is -2.20. The average Bonchev–Trinajstić information content (AvgIpc) is 3.29. The van der Waals surface area contributed by atoms with E-state index < -0.39 is 39.3 Å². The molecular formula is C28H37NO7S. The summed E-state index contributed by atoms with van der Waals surface area (Å²) < 4.78 is 6.07. The van der Waals surface area contributed by atoms with Crippen LogP contribution in [0.15, 0.2) is 23.5 Å². The van der Waals surface area contributed by atoms with Gasteiger partial charge < -0.3 is 19.8 Å². The minimum Gasteiger partial charge on any atom is -0.508 e. The molecule has 37 heavy (non-hydrogen) atoms. The Morgan fingerprint density at radius 3 is 2.38 bits per heavy atom. The quantitative estimate of drug-likeness (QED) is 0.519. The highest BCUT2D eigenvalue weighted by Crippen LogP contribution is 2.68. The van der Waals surface area contributed by atoms with Crippen molar-refractivity contribution in [3.8, 4) is 0 Å². The molecule has 0 aromatic rings. The maximum absolute atomic E-state index is 13.6. The Balaban J connectivity index is 1.45. The molecule has 0 radical (unpaired) electrons. The molecule has 1 saturated heterocycles. The number of aliphatic carboxylic acids is 1. The van der Waals surface area contributed by atoms with Gasteiger partial charge in [-0.1, -0.05) is 12.5 Å². The number of nitrogens with zero attached hydrogens (tertiary/aromatic N) is 1. The number of esters is 1. The zero-order valence-electron chi connectivity index (χ0n) is 22.2. The van der Waals surface area contributed by atoms with Crippen molar-refractivity contribution in [2.75, 3.05) is 5.75 Å². The zero-order chi connectivity index (χ0) is 27.1. The number of allylic oxidation sites excluding steroid dienone is 3. The summed E-state index contributed by atoms with van der Waals surface area (Å²) in [6.07, 6.45) is 6.51. The molecule has 1 aliphatic heterocycles. The van der Waals surface area contributed by atoms with Gasteiger partial charge in [-0.3, -0.25) is 9.59 Å². The van der Waals surface area contributed by atoms with Crippen LogP contribution in [0.5, 0.6) is 0 Å². The molecular weight excluding hydrogens is 494 g/mol. The Morgan fingerprint density at radius 1 is 1.05 bits per heavy atom. The number of aliphatic hydroxyl groups is 1. The van der Waals surface area contributed by atoms with Gasteiger partial charge in [0.15, 0.2) is 5.78 Å². The standard InChI is InChI=1S/C28H37NO7S/c1-15(30)29-21(14-37-25(29,2)3)23(33)36-28(24(34)35)11-9-19-18-7-6-16-12-17(31)13-22(32)27(16,5)20(18)8-10-26(19,28)4/h12-13,18-21,31H,6-11,14H2,1-5H3,(H,34,35)/t18-,19-,20-,21-,26-,27-,28-/m0/s1. The normalized spacial score (nSPS) is 42.2. The highest BCUT2D eigenvalue weighted by molar-refractivity contribution is 8.00. The lowest BCUT2D eigenvalue weighted by atomic mass is 9.46. The van der Waals surface area contributed by atoms with Crippen LogP contribution >= 0.6 is 11.8 Å². The van der Waals surface area contributed by atoms with Gasteiger partial charge in [-0.2, -0.15) is 0 Å². The molecule has 2 N–H and O–H groups in total. The number of amides is 1. The Labute approximate surface area is 221 Å². The van der Waals surface area contributed by atoms with Crippen molar-refractivity contribution < 1.29 is 34.1 Å². The number of carbonyl (C=O) groups excluding carboxylic acids is 3. The molecule has 202 valence electrons. The van der Waals surface area contributed by atoms with Crippen LogP contribution in [0.2, 0.25) is 0 Å². The van der Waals surface area contributed by atoms with Gasteiger partial charge in [-0.05, 0) is 83.1 Å². The van der Waals surface area contributed by atoms with Crippen LogP contribution in [-0.4, -0.2) is 61.0 Å². The van der Waals surface area contributed by atoms with E-state index in [9.17, 15) is 29.4 Å². The lowest BCUT2D eigenvalue weighted by Crippen LogP contribution is -2.61. The summed E-state index contributed by atoms with van der Waals surface area (Å²) in [6, 6.07) is -0.826. The van der Waals surface area contributed by atoms with Crippen molar-refractivity contribution in [2.45, 2.75) is 89.7 Å². The average molecular weight is 532 g/mol. The molecule has 4 fully saturated rings. The van der Waals surface area contributed by atoms with Crippen LogP contribution in [0.1, 0.15) is 73.1 Å². The first-order chi connectivity index (χ1) is 17.2. The van der Waals surface area contributed by atoms with Crippen molar-refractivity contribution in [1.82, 2.24) is 4.90 Å². The third-order valence-corrected chi connectivity index (χ3v) is 11.9. The number of carbonyl (C=O) groups is 4. The third kappa shape index (κ3) is 3.48. The SMILES string of the molecule is CC(=O)N1[C@H](C(=O)O[C@]2(C(=O)O)CC[C@H]3[C@@H]4CCC5=CC(O)=CC(=O)[C@]5(C)[C@H]4CC[C@@]32C)CSC1(C)C. The van der Waals surface area contributed by atoms with E-state index in [4.69, 9.17) is 4.74 Å². The maximum atomic E-state index is 13.6. The van der Waals surface area contributed by atoms with Gasteiger partial charge in [0.05, 0.1) is 10.3 Å². The second-order valence-electron chi connectivity index (χ2n) is 12.4. The lowest BCUT2D eigenvalue weighted by Gasteiger charge is -2.57. The smallest absolute Gasteiger partial charge is 0.348 e. The Bertz CT molecular complexity index is 1140. The molecule has 4 aliphatic carbocycles. The van der Waals surface area contributed by atoms with E-state index in [1.807, 2.05) is 27.7 Å². The molecule has 9 heteroatoms. The van der Waals surface area contributed by atoms with Gasteiger partial charge in [-0.25, -0.2) is 9.59 Å². The summed E-state index contributed by atoms with van der Waals surface area (Å²) in [4.78, 5) is 53.0. The van der Waals surface area contributed by atoms with E-state index in [-0.39, 0.29) is 41.6 Å². The number of carboxylic acids is 1. The number of thioether (sulfide) groups is 1. The van der Waals surface area contributed by atoms with E-state index in [1.165, 1.54) is 29.7 Å². The van der Waals surface area contributed by atoms with Gasteiger partial charge >= 0.3 is 11.9 Å². The van der Waals surface area contributed by atoms with Crippen LogP contribution in [0.4, 0.5) is 0 Å². The van der Waals surface area contributed by atoms with Crippen molar-refractivity contribution >= 4 is 35.4 Å². The molecule has 5 aliphatic rings. The minimum atomic E-state index is -1.68. The second-order valence-corrected chi connectivity index (χ2v) is 14.1. The van der Waals surface area contributed by atoms with Crippen LogP contribution in [0, 0.1) is 28.6 Å². The first-order valence-electron chi connectivity index (χ1n) is 13.3. The summed E-state index contributed by atoms with van der Waals surface area (Å²) >= 11 is 1.48. The van der Waals surface area contributed by atoms with Crippen LogP contribution in [0.3, 0.4) is 0 Å². The molecule has 5 rings (SSSR count). The molecule has 1 heterocycles. The van der Waals surface area contributed by atoms with E-state index >= 15 is 0 Å². The number of fused-ring (bicyclic) bond motifs is 5. The number of aliphatic hydroxyl groups excluding tert-OH is 1. The molecule has 7 atom stereocenters. The van der Waals surface area contributed by atoms with Crippen molar-refractivity contribution in [2.24, 2.45) is 28.6 Å². The number of carboxylic acid groups (broad SMARTS) is 1. The molecule has 0 bridgehead atoms. The Morgan fingerprint density at radius 2 is 1.73 bits per heavy atom. The maximum Gasteiger partial charge on any atom is 0.348 e. The highest BCUT2D eigenvalue weighted by atomic mass is 32.2. The third-order valence-electron chi connectivity index (χ3n) is 10.5. The topological polar surface area (TPSA) is 121 Å². The molecule has 1 amide bonds. The first-order valence-corrected chi connectivity index (χ1v) is 14.2. The van der Waals surface area contributed by atoms with Gasteiger partial charge in [0.2, 0.25) is 11.5 Å². The van der Waals surface area contributed by atoms with Crippen molar-refractivity contribution in [3.63, 3.8) is 0 Å². The van der Waals surface area contributed by atoms with E-state index in [1.54, 1.807) is 6.08 Å². The summed E-state index contributed by atoms with van der Waals surface area (Å²) in [5.74, 6) is -1.59. The van der Waals surface area contributed by atoms with E-state index in [0.29, 0.717) is 31.4 Å².